The molecule has 0 aliphatic carbocycles. The maximum Gasteiger partial charge on any atom is 0.387 e. The summed E-state index contributed by atoms with van der Waals surface area (Å²) in [5.41, 5.74) is 10.8. The summed E-state index contributed by atoms with van der Waals surface area (Å²) in [5, 5.41) is 3.15. The van der Waals surface area contributed by atoms with Crippen LogP contribution in [0.15, 0.2) is 88.5 Å². The van der Waals surface area contributed by atoms with Gasteiger partial charge in [0.25, 0.3) is 5.82 Å². The summed E-state index contributed by atoms with van der Waals surface area (Å²) in [4.78, 5) is 34.7. The van der Waals surface area contributed by atoms with E-state index in [-0.39, 0.29) is 37.9 Å². The van der Waals surface area contributed by atoms with E-state index in [1.165, 1.54) is 16.7 Å². The van der Waals surface area contributed by atoms with Crippen LogP contribution in [0, 0.1) is 6.92 Å². The van der Waals surface area contributed by atoms with Gasteiger partial charge in [-0.05, 0) is 59.0 Å². The number of benzene rings is 3. The van der Waals surface area contributed by atoms with Crippen LogP contribution >= 0.6 is 0 Å². The Kier molecular flexibility index (Phi) is 9.76. The Bertz CT molecular complexity index is 2020. The highest BCUT2D eigenvalue weighted by Crippen LogP contribution is 2.26. The maximum atomic E-state index is 14.0. The van der Waals surface area contributed by atoms with E-state index in [4.69, 9.17) is 15.2 Å². The quantitative estimate of drug-likeness (QED) is 0.194. The summed E-state index contributed by atoms with van der Waals surface area (Å²) in [6.45, 7) is 0.293. The number of alkyl halides is 2. The molecular weight excluding hydrogens is 622 g/mol. The van der Waals surface area contributed by atoms with Gasteiger partial charge >= 0.3 is 18.0 Å². The SMILES string of the molecule is Cc1cc(COCc2ccccc2)c(CNc2nc(=O)n(Cc3ccc4c(c3)CCO4)c(=O)n2Cc2ccc(OC(F)F)cc2)c(N)[nH+]1. The number of aromatic amines is 1. The number of ether oxygens (including phenoxy) is 3. The van der Waals surface area contributed by atoms with E-state index in [1.54, 1.807) is 12.1 Å². The molecule has 48 heavy (non-hydrogen) atoms. The molecule has 3 aromatic carbocycles. The average molecular weight is 658 g/mol. The van der Waals surface area contributed by atoms with Gasteiger partial charge in [0, 0.05) is 6.42 Å². The summed E-state index contributed by atoms with van der Waals surface area (Å²) in [6.07, 6.45) is 0.744. The van der Waals surface area contributed by atoms with Crippen molar-refractivity contribution < 1.29 is 28.0 Å². The molecule has 2 aromatic heterocycles. The number of nitrogen functional groups attached to an aromatic ring is 1. The summed E-state index contributed by atoms with van der Waals surface area (Å²) in [7, 11) is 0. The first-order chi connectivity index (χ1) is 23.2. The van der Waals surface area contributed by atoms with Crippen LogP contribution in [-0.4, -0.2) is 27.3 Å². The topological polar surface area (TPSA) is 137 Å². The Morgan fingerprint density at radius 2 is 1.71 bits per heavy atom. The molecule has 11 nitrogen and oxygen atoms in total. The van der Waals surface area contributed by atoms with Gasteiger partial charge in [0.15, 0.2) is 0 Å². The molecule has 4 N–H and O–H groups in total. The molecule has 13 heteroatoms. The molecular formula is C35H35F2N6O5+. The largest absolute Gasteiger partial charge is 0.493 e. The fraction of sp³-hybridized carbons (Fsp3) is 0.257. The van der Waals surface area contributed by atoms with Crippen molar-refractivity contribution in [2.75, 3.05) is 17.7 Å². The molecule has 0 saturated heterocycles. The van der Waals surface area contributed by atoms with E-state index in [9.17, 15) is 18.4 Å². The molecule has 6 rings (SSSR count). The van der Waals surface area contributed by atoms with E-state index >= 15 is 0 Å². The molecule has 1 aliphatic heterocycles. The van der Waals surface area contributed by atoms with Crippen LogP contribution in [0.3, 0.4) is 0 Å². The first-order valence-electron chi connectivity index (χ1n) is 15.4. The summed E-state index contributed by atoms with van der Waals surface area (Å²) in [6, 6.07) is 23.2. The second-order valence-corrected chi connectivity index (χ2v) is 11.4. The number of aryl methyl sites for hydroxylation is 1. The molecule has 0 fully saturated rings. The fourth-order valence-electron chi connectivity index (χ4n) is 5.63. The van der Waals surface area contributed by atoms with Gasteiger partial charge in [-0.2, -0.15) is 13.8 Å². The zero-order valence-electron chi connectivity index (χ0n) is 26.2. The molecule has 0 amide bonds. The predicted octanol–water partition coefficient (Wildman–Crippen LogP) is 4.07. The van der Waals surface area contributed by atoms with Gasteiger partial charge in [0.1, 0.15) is 11.5 Å². The van der Waals surface area contributed by atoms with E-state index in [0.29, 0.717) is 30.2 Å². The minimum absolute atomic E-state index is 0.00215. The van der Waals surface area contributed by atoms with E-state index in [0.717, 1.165) is 44.7 Å². The van der Waals surface area contributed by atoms with Crippen molar-refractivity contribution in [2.45, 2.75) is 52.8 Å². The Balaban J connectivity index is 1.30. The van der Waals surface area contributed by atoms with Crippen molar-refractivity contribution in [1.29, 1.82) is 0 Å². The third-order valence-corrected chi connectivity index (χ3v) is 7.96. The number of hydrogen-bond acceptors (Lipinski definition) is 8. The van der Waals surface area contributed by atoms with Gasteiger partial charge in [-0.1, -0.05) is 54.6 Å². The number of pyridine rings is 1. The summed E-state index contributed by atoms with van der Waals surface area (Å²) >= 11 is 0. The lowest BCUT2D eigenvalue weighted by Crippen LogP contribution is -2.43. The number of H-pyrrole nitrogens is 1. The lowest BCUT2D eigenvalue weighted by Gasteiger charge is -2.17. The van der Waals surface area contributed by atoms with Crippen LogP contribution in [0.4, 0.5) is 20.5 Å². The van der Waals surface area contributed by atoms with Crippen molar-refractivity contribution in [3.63, 3.8) is 0 Å². The molecule has 0 radical (unpaired) electrons. The molecule has 248 valence electrons. The molecule has 0 bridgehead atoms. The van der Waals surface area contributed by atoms with Crippen molar-refractivity contribution in [1.82, 2.24) is 14.1 Å². The van der Waals surface area contributed by atoms with Gasteiger partial charge in [0.2, 0.25) is 5.95 Å². The third kappa shape index (κ3) is 7.69. The van der Waals surface area contributed by atoms with Crippen LogP contribution < -0.4 is 36.9 Å². The summed E-state index contributed by atoms with van der Waals surface area (Å²) < 4.78 is 43.9. The zero-order chi connectivity index (χ0) is 33.6. The third-order valence-electron chi connectivity index (χ3n) is 7.96. The van der Waals surface area contributed by atoms with Crippen LogP contribution in [0.25, 0.3) is 0 Å². The number of rotatable bonds is 13. The minimum atomic E-state index is -2.96. The van der Waals surface area contributed by atoms with E-state index in [1.807, 2.05) is 61.5 Å². The normalized spacial score (nSPS) is 12.2. The smallest absolute Gasteiger partial charge is 0.387 e. The van der Waals surface area contributed by atoms with Crippen molar-refractivity contribution >= 4 is 11.8 Å². The van der Waals surface area contributed by atoms with Crippen molar-refractivity contribution in [3.05, 3.63) is 139 Å². The van der Waals surface area contributed by atoms with Crippen LogP contribution in [0.5, 0.6) is 11.5 Å². The average Bonchev–Trinajstić information content (AvgIpc) is 3.53. The highest BCUT2D eigenvalue weighted by atomic mass is 19.3. The lowest BCUT2D eigenvalue weighted by atomic mass is 10.1. The van der Waals surface area contributed by atoms with Crippen molar-refractivity contribution in [3.8, 4) is 11.5 Å². The molecule has 3 heterocycles. The lowest BCUT2D eigenvalue weighted by molar-refractivity contribution is -0.370. The van der Waals surface area contributed by atoms with E-state index in [2.05, 4.69) is 20.0 Å². The second kappa shape index (κ2) is 14.5. The second-order valence-electron chi connectivity index (χ2n) is 11.4. The van der Waals surface area contributed by atoms with Crippen LogP contribution in [0.2, 0.25) is 0 Å². The monoisotopic (exact) mass is 657 g/mol. The number of fused-ring (bicyclic) bond motifs is 1. The minimum Gasteiger partial charge on any atom is -0.493 e. The van der Waals surface area contributed by atoms with Gasteiger partial charge in [-0.25, -0.2) is 19.1 Å². The van der Waals surface area contributed by atoms with Gasteiger partial charge < -0.3 is 19.5 Å². The van der Waals surface area contributed by atoms with E-state index < -0.39 is 18.0 Å². The highest BCUT2D eigenvalue weighted by molar-refractivity contribution is 5.44. The number of halogens is 2. The molecule has 0 atom stereocenters. The van der Waals surface area contributed by atoms with Crippen molar-refractivity contribution in [2.24, 2.45) is 0 Å². The molecule has 0 saturated carbocycles. The fourth-order valence-corrected chi connectivity index (χ4v) is 5.63. The molecule has 0 spiro atoms. The molecule has 1 aliphatic rings. The highest BCUT2D eigenvalue weighted by Gasteiger charge is 2.19. The van der Waals surface area contributed by atoms with Gasteiger partial charge in [-0.15, -0.1) is 0 Å². The number of nitrogens with one attached hydrogen (secondary N) is 2. The number of hydrogen-bond donors (Lipinski definition) is 2. The van der Waals surface area contributed by atoms with Crippen LogP contribution in [-0.2, 0) is 44.0 Å². The van der Waals surface area contributed by atoms with Crippen LogP contribution in [0.1, 0.15) is 39.1 Å². The number of nitrogens with two attached hydrogens (primary N) is 1. The first-order valence-corrected chi connectivity index (χ1v) is 15.4. The number of aromatic nitrogens is 4. The molecule has 5 aromatic rings. The summed E-state index contributed by atoms with van der Waals surface area (Å²) in [5.74, 6) is 1.19. The standard InChI is InChI=1S/C35H34F2N6O5/c1-22-15-27(21-46-20-24-5-3-2-4-6-24)29(31(38)40-22)17-39-33-41-34(44)43(19-25-9-12-30-26(16-25)13-14-47-30)35(45)42(33)18-23-7-10-28(11-8-23)48-32(36)37/h2-12,15-16,32H,13-14,17-21H2,1H3,(H2,38,40)(H,39,41,44)/p+1. The Morgan fingerprint density at radius 1 is 0.958 bits per heavy atom. The zero-order valence-corrected chi connectivity index (χ0v) is 26.2. The predicted molar refractivity (Wildman–Crippen MR) is 174 cm³/mol. The Labute approximate surface area is 274 Å². The Morgan fingerprint density at radius 3 is 2.48 bits per heavy atom. The maximum absolute atomic E-state index is 14.0. The number of anilines is 2. The molecule has 0 unspecified atom stereocenters. The van der Waals surface area contributed by atoms with Gasteiger partial charge in [-0.3, -0.25) is 10.3 Å². The first kappa shape index (κ1) is 32.4. The van der Waals surface area contributed by atoms with Gasteiger partial charge in [0.05, 0.1) is 50.7 Å². The number of nitrogens with zero attached hydrogens (tertiary/aromatic N) is 3. The Hall–Kier alpha value is -5.56.